The van der Waals surface area contributed by atoms with Gasteiger partial charge in [0.05, 0.1) is 11.4 Å². The van der Waals surface area contributed by atoms with Crippen molar-refractivity contribution in [1.29, 1.82) is 0 Å². The molecule has 132 valence electrons. The van der Waals surface area contributed by atoms with Crippen molar-refractivity contribution in [3.63, 3.8) is 0 Å². The zero-order valence-electron chi connectivity index (χ0n) is 15.8. The highest BCUT2D eigenvalue weighted by Crippen LogP contribution is 2.30. The lowest BCUT2D eigenvalue weighted by molar-refractivity contribution is 1.21. The molecule has 3 heteroatoms. The Balaban J connectivity index is 0.000000570. The second-order valence-corrected chi connectivity index (χ2v) is 5.01. The number of nitrogens with zero attached hydrogens (tertiary/aromatic N) is 3. The highest BCUT2D eigenvalue weighted by atomic mass is 14.9. The second kappa shape index (κ2) is 10.0. The van der Waals surface area contributed by atoms with Gasteiger partial charge in [-0.05, 0) is 6.07 Å². The molecule has 0 bridgehead atoms. The first-order valence-electron chi connectivity index (χ1n) is 9.14. The normalized spacial score (nSPS) is 9.54. The van der Waals surface area contributed by atoms with E-state index in [-0.39, 0.29) is 0 Å². The summed E-state index contributed by atoms with van der Waals surface area (Å²) in [6.45, 7) is 8.00. The molecule has 26 heavy (non-hydrogen) atoms. The summed E-state index contributed by atoms with van der Waals surface area (Å²) in [7, 11) is 0. The molecule has 2 aromatic heterocycles. The smallest absolute Gasteiger partial charge is 0.116 e. The first kappa shape index (κ1) is 19.3. The molecule has 4 rings (SSSR count). The Morgan fingerprint density at radius 2 is 1.08 bits per heavy atom. The number of pyridine rings is 1. The second-order valence-electron chi connectivity index (χ2n) is 5.01. The maximum absolute atomic E-state index is 4.52. The predicted octanol–water partition coefficient (Wildman–Crippen LogP) is 6.41. The van der Waals surface area contributed by atoms with Crippen molar-refractivity contribution < 1.29 is 0 Å². The van der Waals surface area contributed by atoms with Crippen molar-refractivity contribution in [3.8, 4) is 22.5 Å². The van der Waals surface area contributed by atoms with Gasteiger partial charge < -0.3 is 0 Å². The van der Waals surface area contributed by atoms with Crippen LogP contribution in [0.25, 0.3) is 33.4 Å². The van der Waals surface area contributed by atoms with Crippen LogP contribution in [0.2, 0.25) is 0 Å². The van der Waals surface area contributed by atoms with E-state index >= 15 is 0 Å². The molecule has 0 N–H and O–H groups in total. The van der Waals surface area contributed by atoms with Crippen molar-refractivity contribution >= 4 is 10.9 Å². The first-order chi connectivity index (χ1) is 12.9. The lowest BCUT2D eigenvalue weighted by Gasteiger charge is -2.08. The van der Waals surface area contributed by atoms with E-state index < -0.39 is 0 Å². The van der Waals surface area contributed by atoms with Crippen LogP contribution in [0.5, 0.6) is 0 Å². The molecule has 0 amide bonds. The third-order valence-electron chi connectivity index (χ3n) is 3.65. The maximum Gasteiger partial charge on any atom is 0.116 e. The van der Waals surface area contributed by atoms with Crippen LogP contribution < -0.4 is 0 Å². The molecule has 0 aliphatic rings. The standard InChI is InChI=1S/C19H13N3.2C2H6/c1-3-7-14(8-4-1)17-16-11-12-20-18(19(16)22-13-21-17)15-9-5-2-6-10-15;2*1-2/h1-13H;2*1-2H3. The molecule has 2 heterocycles. The van der Waals surface area contributed by atoms with Crippen LogP contribution in [0.4, 0.5) is 0 Å². The van der Waals surface area contributed by atoms with E-state index in [2.05, 4.69) is 27.1 Å². The van der Waals surface area contributed by atoms with Gasteiger partial charge in [0, 0.05) is 22.7 Å². The molecule has 0 saturated heterocycles. The molecule has 3 nitrogen and oxygen atoms in total. The average molecular weight is 343 g/mol. The van der Waals surface area contributed by atoms with Crippen LogP contribution in [0, 0.1) is 0 Å². The summed E-state index contributed by atoms with van der Waals surface area (Å²) in [4.78, 5) is 13.5. The van der Waals surface area contributed by atoms with Gasteiger partial charge in [0.2, 0.25) is 0 Å². The van der Waals surface area contributed by atoms with Crippen LogP contribution in [-0.2, 0) is 0 Å². The summed E-state index contributed by atoms with van der Waals surface area (Å²) in [6, 6.07) is 22.2. The number of fused-ring (bicyclic) bond motifs is 1. The Bertz CT molecular complexity index is 841. The molecular weight excluding hydrogens is 318 g/mol. The number of rotatable bonds is 2. The zero-order chi connectivity index (χ0) is 18.8. The Morgan fingerprint density at radius 3 is 1.65 bits per heavy atom. The number of hydrogen-bond acceptors (Lipinski definition) is 3. The van der Waals surface area contributed by atoms with Gasteiger partial charge in [-0.25, -0.2) is 9.97 Å². The highest BCUT2D eigenvalue weighted by molar-refractivity contribution is 5.98. The molecule has 0 atom stereocenters. The molecule has 0 unspecified atom stereocenters. The van der Waals surface area contributed by atoms with Gasteiger partial charge in [-0.2, -0.15) is 0 Å². The van der Waals surface area contributed by atoms with E-state index in [1.54, 1.807) is 6.33 Å². The number of aromatic nitrogens is 3. The Kier molecular flexibility index (Phi) is 7.44. The van der Waals surface area contributed by atoms with E-state index in [0.717, 1.165) is 33.4 Å². The summed E-state index contributed by atoms with van der Waals surface area (Å²) < 4.78 is 0. The number of hydrogen-bond donors (Lipinski definition) is 0. The fourth-order valence-corrected chi connectivity index (χ4v) is 2.62. The maximum atomic E-state index is 4.52. The Morgan fingerprint density at radius 1 is 0.538 bits per heavy atom. The van der Waals surface area contributed by atoms with Gasteiger partial charge in [-0.3, -0.25) is 4.98 Å². The number of benzene rings is 2. The van der Waals surface area contributed by atoms with Crippen LogP contribution in [0.3, 0.4) is 0 Å². The van der Waals surface area contributed by atoms with Crippen molar-refractivity contribution in [2.45, 2.75) is 27.7 Å². The zero-order valence-corrected chi connectivity index (χ0v) is 15.8. The van der Waals surface area contributed by atoms with Crippen LogP contribution in [0.15, 0.2) is 79.3 Å². The van der Waals surface area contributed by atoms with Gasteiger partial charge in [-0.1, -0.05) is 88.4 Å². The van der Waals surface area contributed by atoms with E-state index in [0.29, 0.717) is 0 Å². The van der Waals surface area contributed by atoms with E-state index in [1.165, 1.54) is 0 Å². The average Bonchev–Trinajstić information content (AvgIpc) is 2.77. The lowest BCUT2D eigenvalue weighted by atomic mass is 10.0. The van der Waals surface area contributed by atoms with E-state index in [4.69, 9.17) is 0 Å². The van der Waals surface area contributed by atoms with Crippen molar-refractivity contribution in [2.24, 2.45) is 0 Å². The van der Waals surface area contributed by atoms with E-state index in [9.17, 15) is 0 Å². The molecule has 0 fully saturated rings. The van der Waals surface area contributed by atoms with Crippen LogP contribution >= 0.6 is 0 Å². The fraction of sp³-hybridized carbons (Fsp3) is 0.174. The van der Waals surface area contributed by atoms with Gasteiger partial charge in [0.15, 0.2) is 0 Å². The fourth-order valence-electron chi connectivity index (χ4n) is 2.62. The lowest BCUT2D eigenvalue weighted by Crippen LogP contribution is -1.93. The SMILES string of the molecule is CC.CC.c1ccc(-c2ncnc3c(-c4ccccc4)nccc23)cc1. The Hall–Kier alpha value is -3.07. The molecule has 0 spiro atoms. The van der Waals surface area contributed by atoms with E-state index in [1.807, 2.05) is 88.5 Å². The molecular formula is C23H25N3. The molecule has 0 aliphatic carbocycles. The van der Waals surface area contributed by atoms with Gasteiger partial charge in [-0.15, -0.1) is 0 Å². The summed E-state index contributed by atoms with van der Waals surface area (Å²) in [6.07, 6.45) is 3.43. The van der Waals surface area contributed by atoms with Crippen molar-refractivity contribution in [2.75, 3.05) is 0 Å². The van der Waals surface area contributed by atoms with Crippen LogP contribution in [-0.4, -0.2) is 15.0 Å². The Labute approximate surface area is 155 Å². The third-order valence-corrected chi connectivity index (χ3v) is 3.65. The largest absolute Gasteiger partial charge is 0.254 e. The molecule has 0 aliphatic heterocycles. The summed E-state index contributed by atoms with van der Waals surface area (Å²) >= 11 is 0. The van der Waals surface area contributed by atoms with Gasteiger partial charge in [0.25, 0.3) is 0 Å². The minimum absolute atomic E-state index is 0.877. The highest BCUT2D eigenvalue weighted by Gasteiger charge is 2.11. The summed E-state index contributed by atoms with van der Waals surface area (Å²) in [5.74, 6) is 0. The molecule has 0 radical (unpaired) electrons. The molecule has 0 saturated carbocycles. The van der Waals surface area contributed by atoms with Crippen molar-refractivity contribution in [1.82, 2.24) is 15.0 Å². The first-order valence-corrected chi connectivity index (χ1v) is 9.14. The third kappa shape index (κ3) is 4.12. The minimum atomic E-state index is 0.877. The quantitative estimate of drug-likeness (QED) is 0.422. The van der Waals surface area contributed by atoms with Crippen LogP contribution in [0.1, 0.15) is 27.7 Å². The van der Waals surface area contributed by atoms with Crippen molar-refractivity contribution in [3.05, 3.63) is 79.3 Å². The minimum Gasteiger partial charge on any atom is -0.254 e. The van der Waals surface area contributed by atoms with Gasteiger partial charge >= 0.3 is 0 Å². The predicted molar refractivity (Wildman–Crippen MR) is 111 cm³/mol. The topological polar surface area (TPSA) is 38.7 Å². The monoisotopic (exact) mass is 343 g/mol. The molecule has 4 aromatic rings. The molecule has 2 aromatic carbocycles. The van der Waals surface area contributed by atoms with Gasteiger partial charge in [0.1, 0.15) is 11.8 Å². The summed E-state index contributed by atoms with van der Waals surface area (Å²) in [5, 5.41) is 1.02. The summed E-state index contributed by atoms with van der Waals surface area (Å²) in [5.41, 5.74) is 4.84.